The van der Waals surface area contributed by atoms with Crippen LogP contribution in [0, 0.1) is 0 Å². The molecule has 0 spiro atoms. The van der Waals surface area contributed by atoms with Crippen LogP contribution in [0.25, 0.3) is 0 Å². The topological polar surface area (TPSA) is 91.0 Å². The standard InChI is InChI=1S/C27H27BrN4O4/c1-31-24(17-25(33)32(31)26(34)29-22-14-12-21(28)13-15-22)23(16-19-8-4-2-5-9-19)30-27(35)36-18-20-10-6-3-7-11-20/h2-15,23-24H,16-18H2,1H3,(H,29,34)(H,30,35)/t23-,24-/m0/s1. The molecule has 36 heavy (non-hydrogen) atoms. The zero-order valence-electron chi connectivity index (χ0n) is 19.8. The molecule has 0 aromatic heterocycles. The molecule has 1 heterocycles. The molecule has 0 bridgehead atoms. The monoisotopic (exact) mass is 550 g/mol. The Balaban J connectivity index is 1.47. The second-order valence-corrected chi connectivity index (χ2v) is 9.41. The van der Waals surface area contributed by atoms with Crippen LogP contribution < -0.4 is 10.6 Å². The number of carbonyl (C=O) groups is 3. The zero-order chi connectivity index (χ0) is 25.5. The molecule has 0 radical (unpaired) electrons. The molecule has 1 aliphatic heterocycles. The lowest BCUT2D eigenvalue weighted by Gasteiger charge is -2.32. The van der Waals surface area contributed by atoms with Gasteiger partial charge < -0.3 is 15.4 Å². The highest BCUT2D eigenvalue weighted by molar-refractivity contribution is 9.10. The van der Waals surface area contributed by atoms with Crippen LogP contribution in [0.1, 0.15) is 17.5 Å². The number of rotatable bonds is 7. The van der Waals surface area contributed by atoms with Gasteiger partial charge in [0.1, 0.15) is 6.61 Å². The van der Waals surface area contributed by atoms with Gasteiger partial charge in [-0.25, -0.2) is 14.6 Å². The SMILES string of the molecule is CN1[C@H]([C@H](Cc2ccccc2)NC(=O)OCc2ccccc2)CC(=O)N1C(=O)Nc1ccc(Br)cc1. The summed E-state index contributed by atoms with van der Waals surface area (Å²) in [6.45, 7) is 0.131. The van der Waals surface area contributed by atoms with Crippen molar-refractivity contribution >= 4 is 39.6 Å². The number of nitrogens with one attached hydrogen (secondary N) is 2. The van der Waals surface area contributed by atoms with Gasteiger partial charge in [0.15, 0.2) is 0 Å². The van der Waals surface area contributed by atoms with Crippen LogP contribution in [0.2, 0.25) is 0 Å². The first-order chi connectivity index (χ1) is 17.4. The first kappa shape index (κ1) is 25.4. The molecule has 4 rings (SSSR count). The van der Waals surface area contributed by atoms with E-state index in [0.29, 0.717) is 12.1 Å². The molecule has 1 saturated heterocycles. The third-order valence-corrected chi connectivity index (χ3v) is 6.51. The Morgan fingerprint density at radius 2 is 1.58 bits per heavy atom. The lowest BCUT2D eigenvalue weighted by molar-refractivity contribution is -0.131. The fourth-order valence-electron chi connectivity index (χ4n) is 4.16. The number of hydrogen-bond donors (Lipinski definition) is 2. The molecule has 4 amide bonds. The average molecular weight is 551 g/mol. The van der Waals surface area contributed by atoms with E-state index in [4.69, 9.17) is 4.74 Å². The zero-order valence-corrected chi connectivity index (χ0v) is 21.4. The normalized spacial score (nSPS) is 16.4. The quantitative estimate of drug-likeness (QED) is 0.433. The van der Waals surface area contributed by atoms with Gasteiger partial charge in [0, 0.05) is 23.6 Å². The van der Waals surface area contributed by atoms with Crippen molar-refractivity contribution in [2.45, 2.75) is 31.5 Å². The second kappa shape index (κ2) is 11.8. The Morgan fingerprint density at radius 1 is 0.972 bits per heavy atom. The van der Waals surface area contributed by atoms with Gasteiger partial charge in [0.05, 0.1) is 12.1 Å². The lowest BCUT2D eigenvalue weighted by atomic mass is 9.97. The van der Waals surface area contributed by atoms with Crippen LogP contribution in [-0.2, 0) is 22.6 Å². The fourth-order valence-corrected chi connectivity index (χ4v) is 4.42. The predicted octanol–water partition coefficient (Wildman–Crippen LogP) is 4.97. The van der Waals surface area contributed by atoms with E-state index in [1.807, 2.05) is 60.7 Å². The van der Waals surface area contributed by atoms with E-state index in [9.17, 15) is 14.4 Å². The van der Waals surface area contributed by atoms with Crippen molar-refractivity contribution < 1.29 is 19.1 Å². The summed E-state index contributed by atoms with van der Waals surface area (Å²) < 4.78 is 6.31. The summed E-state index contributed by atoms with van der Waals surface area (Å²) in [7, 11) is 1.67. The first-order valence-electron chi connectivity index (χ1n) is 11.5. The van der Waals surface area contributed by atoms with Crippen LogP contribution in [0.15, 0.2) is 89.4 Å². The summed E-state index contributed by atoms with van der Waals surface area (Å²) in [5, 5.41) is 8.35. The van der Waals surface area contributed by atoms with E-state index in [-0.39, 0.29) is 18.9 Å². The summed E-state index contributed by atoms with van der Waals surface area (Å²) in [5.74, 6) is -0.352. The maximum atomic E-state index is 13.0. The highest BCUT2D eigenvalue weighted by atomic mass is 79.9. The number of anilines is 1. The Morgan fingerprint density at radius 3 is 2.22 bits per heavy atom. The molecule has 2 N–H and O–H groups in total. The smallest absolute Gasteiger partial charge is 0.407 e. The summed E-state index contributed by atoms with van der Waals surface area (Å²) in [4.78, 5) is 38.6. The minimum absolute atomic E-state index is 0.0702. The van der Waals surface area contributed by atoms with E-state index in [0.717, 1.165) is 20.6 Å². The van der Waals surface area contributed by atoms with Gasteiger partial charge in [-0.3, -0.25) is 4.79 Å². The number of likely N-dealkylation sites (N-methyl/N-ethyl adjacent to an activating group) is 1. The number of halogens is 1. The summed E-state index contributed by atoms with van der Waals surface area (Å²) in [6, 6.07) is 24.7. The van der Waals surface area contributed by atoms with Gasteiger partial charge in [-0.15, -0.1) is 0 Å². The molecule has 1 aliphatic rings. The highest BCUT2D eigenvalue weighted by Gasteiger charge is 2.43. The van der Waals surface area contributed by atoms with E-state index >= 15 is 0 Å². The molecular weight excluding hydrogens is 524 g/mol. The van der Waals surface area contributed by atoms with Crippen molar-refractivity contribution in [3.8, 4) is 0 Å². The summed E-state index contributed by atoms with van der Waals surface area (Å²) in [6.07, 6.45) is -0.0506. The number of carbonyl (C=O) groups excluding carboxylic acids is 3. The van der Waals surface area contributed by atoms with Gasteiger partial charge in [0.2, 0.25) is 5.91 Å². The van der Waals surface area contributed by atoms with Gasteiger partial charge in [0.25, 0.3) is 0 Å². The molecule has 1 fully saturated rings. The van der Waals surface area contributed by atoms with Crippen molar-refractivity contribution in [3.63, 3.8) is 0 Å². The van der Waals surface area contributed by atoms with Gasteiger partial charge in [-0.05, 0) is 41.8 Å². The number of ether oxygens (including phenoxy) is 1. The number of hydrazine groups is 1. The van der Waals surface area contributed by atoms with Crippen LogP contribution in [0.3, 0.4) is 0 Å². The maximum Gasteiger partial charge on any atom is 0.407 e. The van der Waals surface area contributed by atoms with E-state index in [1.54, 1.807) is 36.3 Å². The number of alkyl carbamates (subject to hydrolysis) is 1. The Hall–Kier alpha value is -3.69. The van der Waals surface area contributed by atoms with E-state index in [1.165, 1.54) is 0 Å². The van der Waals surface area contributed by atoms with Gasteiger partial charge in [-0.1, -0.05) is 76.6 Å². The van der Waals surface area contributed by atoms with E-state index < -0.39 is 24.2 Å². The minimum Gasteiger partial charge on any atom is -0.445 e. The molecule has 3 aromatic rings. The molecular formula is C27H27BrN4O4. The molecule has 0 unspecified atom stereocenters. The Bertz CT molecular complexity index is 1190. The Labute approximate surface area is 218 Å². The van der Waals surface area contributed by atoms with Gasteiger partial charge in [-0.2, -0.15) is 5.01 Å². The number of urea groups is 1. The molecule has 0 aliphatic carbocycles. The molecule has 186 valence electrons. The molecule has 9 heteroatoms. The Kier molecular flexibility index (Phi) is 8.35. The number of amides is 4. The van der Waals surface area contributed by atoms with Crippen LogP contribution in [0.5, 0.6) is 0 Å². The van der Waals surface area contributed by atoms with Crippen molar-refractivity contribution in [1.29, 1.82) is 0 Å². The van der Waals surface area contributed by atoms with E-state index in [2.05, 4.69) is 26.6 Å². The molecule has 2 atom stereocenters. The maximum absolute atomic E-state index is 13.0. The van der Waals surface area contributed by atoms with Gasteiger partial charge >= 0.3 is 12.1 Å². The minimum atomic E-state index is -0.585. The predicted molar refractivity (Wildman–Crippen MR) is 140 cm³/mol. The lowest BCUT2D eigenvalue weighted by Crippen LogP contribution is -2.53. The first-order valence-corrected chi connectivity index (χ1v) is 12.3. The highest BCUT2D eigenvalue weighted by Crippen LogP contribution is 2.25. The summed E-state index contributed by atoms with van der Waals surface area (Å²) in [5.41, 5.74) is 2.43. The van der Waals surface area contributed by atoms with Crippen LogP contribution in [-0.4, -0.2) is 47.2 Å². The average Bonchev–Trinajstić information content (AvgIpc) is 3.18. The second-order valence-electron chi connectivity index (χ2n) is 8.49. The third kappa shape index (κ3) is 6.50. The van der Waals surface area contributed by atoms with Crippen LogP contribution in [0.4, 0.5) is 15.3 Å². The van der Waals surface area contributed by atoms with Crippen molar-refractivity contribution in [2.75, 3.05) is 12.4 Å². The largest absolute Gasteiger partial charge is 0.445 e. The third-order valence-electron chi connectivity index (χ3n) is 5.98. The number of hydrogen-bond acceptors (Lipinski definition) is 5. The van der Waals surface area contributed by atoms with Crippen molar-refractivity contribution in [1.82, 2.24) is 15.3 Å². The molecule has 8 nitrogen and oxygen atoms in total. The number of benzene rings is 3. The fraction of sp³-hybridized carbons (Fsp3) is 0.222. The number of nitrogens with zero attached hydrogens (tertiary/aromatic N) is 2. The summed E-state index contributed by atoms with van der Waals surface area (Å²) >= 11 is 3.36. The number of imide groups is 1. The van der Waals surface area contributed by atoms with Crippen LogP contribution >= 0.6 is 15.9 Å². The molecule has 0 saturated carbocycles. The van der Waals surface area contributed by atoms with Crippen molar-refractivity contribution in [2.24, 2.45) is 0 Å². The van der Waals surface area contributed by atoms with Crippen molar-refractivity contribution in [3.05, 3.63) is 101 Å². The molecule has 3 aromatic carbocycles.